The molecule has 4 aliphatic heterocycles. The van der Waals surface area contributed by atoms with E-state index in [-0.39, 0.29) is 53.0 Å². The molecule has 0 atom stereocenters. The number of carbonyl (C=O) groups is 9. The average molecular weight is 1580 g/mol. The van der Waals surface area contributed by atoms with Gasteiger partial charge < -0.3 is 55.5 Å². The molecule has 4 fully saturated rings. The van der Waals surface area contributed by atoms with Gasteiger partial charge in [0, 0.05) is 207 Å². The van der Waals surface area contributed by atoms with Crippen LogP contribution in [0.3, 0.4) is 0 Å². The summed E-state index contributed by atoms with van der Waals surface area (Å²) in [6, 6.07) is 30.2. The summed E-state index contributed by atoms with van der Waals surface area (Å²) < 4.78 is 0. The van der Waals surface area contributed by atoms with Crippen molar-refractivity contribution in [3.8, 4) is 0 Å². The quantitative estimate of drug-likeness (QED) is 0.0387. The molecule has 4 aliphatic rings. The third-order valence-corrected chi connectivity index (χ3v) is 21.1. The Kier molecular flexibility index (Phi) is 39.6. The maximum Gasteiger partial charge on any atom is 0.253 e. The first-order valence-electron chi connectivity index (χ1n) is 42.0. The Balaban J connectivity index is 0.000000272. The van der Waals surface area contributed by atoms with Crippen LogP contribution in [0.1, 0.15) is 220 Å². The summed E-state index contributed by atoms with van der Waals surface area (Å²) in [5, 5.41) is 11.7. The molecule has 0 aromatic heterocycles. The van der Waals surface area contributed by atoms with Crippen LogP contribution in [0, 0.1) is 27.1 Å². The van der Waals surface area contributed by atoms with Crippen molar-refractivity contribution in [3.05, 3.63) is 142 Å². The third-order valence-electron chi connectivity index (χ3n) is 21.1. The van der Waals surface area contributed by atoms with Crippen LogP contribution in [-0.2, 0) is 50.2 Å². The van der Waals surface area contributed by atoms with Gasteiger partial charge in [-0.1, -0.05) is 173 Å². The van der Waals surface area contributed by atoms with Crippen LogP contribution in [0.15, 0.2) is 97.1 Å². The maximum absolute atomic E-state index is 12.8. The van der Waals surface area contributed by atoms with Crippen LogP contribution >= 0.6 is 0 Å². The summed E-state index contributed by atoms with van der Waals surface area (Å²) in [5.74, 6) is 0.654. The SMILES string of the molecule is CC(=O)CCCN1CCN(C(=O)c2ccc(CNC(=O)C(C)(C)C)cc2)CC1.CC(C)(C)CCCCN1CCN(C(=O)c2ccc(CNC(=O)C(C)(C)C)cc2)CC1.CCN(CC)CCN1CCN(C(=O)c2ccc(CNC(=O)C(C)(C)C)cc2)CC1.CN(C)CCN1CCN(C(=O)c2ccc(CNC(=O)C(C)(C)C)cc2)CC1. The van der Waals surface area contributed by atoms with Gasteiger partial charge in [0.1, 0.15) is 5.78 Å². The highest BCUT2D eigenvalue weighted by Crippen LogP contribution is 2.24. The second-order valence-corrected chi connectivity index (χ2v) is 36.7. The van der Waals surface area contributed by atoms with Gasteiger partial charge in [-0.2, -0.15) is 0 Å². The van der Waals surface area contributed by atoms with E-state index in [0.717, 1.165) is 178 Å². The fraction of sp³-hybridized carbons (Fsp3) is 0.637. The van der Waals surface area contributed by atoms with Gasteiger partial charge in [0.2, 0.25) is 23.6 Å². The van der Waals surface area contributed by atoms with E-state index in [0.29, 0.717) is 67.8 Å². The molecule has 0 radical (unpaired) electrons. The second kappa shape index (κ2) is 46.7. The molecule has 0 spiro atoms. The Morgan fingerprint density at radius 3 is 0.781 bits per heavy atom. The summed E-state index contributed by atoms with van der Waals surface area (Å²) in [4.78, 5) is 132. The van der Waals surface area contributed by atoms with Crippen LogP contribution < -0.4 is 21.3 Å². The average Bonchev–Trinajstić information content (AvgIpc) is 0.760. The molecule has 4 saturated heterocycles. The zero-order valence-electron chi connectivity index (χ0n) is 73.7. The fourth-order valence-electron chi connectivity index (χ4n) is 13.0. The smallest absolute Gasteiger partial charge is 0.253 e. The van der Waals surface area contributed by atoms with Gasteiger partial charge in [-0.3, -0.25) is 58.0 Å². The number of ketones is 1. The lowest BCUT2D eigenvalue weighted by molar-refractivity contribution is -0.129. The minimum absolute atomic E-state index is 0.00817. The molecule has 4 aromatic rings. The third kappa shape index (κ3) is 35.7. The molecule has 4 aromatic carbocycles. The lowest BCUT2D eigenvalue weighted by Gasteiger charge is -2.35. The number of piperazine rings is 4. The van der Waals surface area contributed by atoms with Crippen LogP contribution in [0.5, 0.6) is 0 Å². The van der Waals surface area contributed by atoms with Crippen LogP contribution in [-0.4, -0.2) is 273 Å². The number of likely N-dealkylation sites (N-methyl/N-ethyl adjacent to an activating group) is 2. The minimum Gasteiger partial charge on any atom is -0.352 e. The van der Waals surface area contributed by atoms with E-state index >= 15 is 0 Å². The van der Waals surface area contributed by atoms with E-state index in [2.05, 4.69) is 99.4 Å². The van der Waals surface area contributed by atoms with Gasteiger partial charge in [0.15, 0.2) is 0 Å². The van der Waals surface area contributed by atoms with Gasteiger partial charge in [0.05, 0.1) is 0 Å². The number of benzene rings is 4. The summed E-state index contributed by atoms with van der Waals surface area (Å²) >= 11 is 0. The Morgan fingerprint density at radius 2 is 0.561 bits per heavy atom. The molecule has 4 N–H and O–H groups in total. The molecule has 0 bridgehead atoms. The number of hydrogen-bond acceptors (Lipinski definition) is 15. The van der Waals surface area contributed by atoms with Crippen molar-refractivity contribution in [1.82, 2.24) is 70.3 Å². The van der Waals surface area contributed by atoms with Crippen molar-refractivity contribution in [1.29, 1.82) is 0 Å². The van der Waals surface area contributed by atoms with E-state index in [9.17, 15) is 43.2 Å². The molecule has 0 saturated carbocycles. The van der Waals surface area contributed by atoms with Gasteiger partial charge in [0.25, 0.3) is 23.6 Å². The molecular weight excluding hydrogens is 1430 g/mol. The van der Waals surface area contributed by atoms with Crippen molar-refractivity contribution >= 4 is 53.0 Å². The van der Waals surface area contributed by atoms with Gasteiger partial charge in [-0.25, -0.2) is 0 Å². The maximum atomic E-state index is 12.8. The standard InChI is InChI=1S/C25H41N3O2.C23H38N4O2.C22H33N3O3.C21H34N4O2/c1-24(2,3)13-7-8-14-27-15-17-28(18-16-27)22(29)21-11-9-20(10-12-21)19-26-23(30)25(4,5)6;1-6-25(7-2)12-13-26-14-16-27(17-15-26)21(28)20-10-8-19(9-11-20)18-24-22(29)23(3,4)5;1-17(26)6-5-11-24-12-14-25(15-13-24)20(27)19-9-7-18(8-10-19)16-23-21(28)22(2,3)4;1-21(2,3)20(27)22-16-17-6-8-18(9-7-17)19(26)25-14-12-24(13-15-25)11-10-23(4)5/h9-12H,7-8,13-19H2,1-6H3,(H,26,30);8-11H,6-7,12-18H2,1-5H3,(H,24,29);7-10H,5-6,11-16H2,1-4H3,(H,23,28);6-9H,10-16H2,1-5H3,(H,22,27). The van der Waals surface area contributed by atoms with E-state index in [4.69, 9.17) is 0 Å². The van der Waals surface area contributed by atoms with Gasteiger partial charge in [-0.15, -0.1) is 0 Å². The summed E-state index contributed by atoms with van der Waals surface area (Å²) in [6.45, 7) is 59.4. The van der Waals surface area contributed by atoms with E-state index in [1.165, 1.54) is 19.3 Å². The Labute approximate surface area is 685 Å². The van der Waals surface area contributed by atoms with Crippen LogP contribution in [0.2, 0.25) is 0 Å². The van der Waals surface area contributed by atoms with Crippen LogP contribution in [0.4, 0.5) is 0 Å². The highest BCUT2D eigenvalue weighted by atomic mass is 16.2. The van der Waals surface area contributed by atoms with Crippen molar-refractivity contribution in [2.45, 2.75) is 183 Å². The monoisotopic (exact) mass is 1580 g/mol. The lowest BCUT2D eigenvalue weighted by atomic mass is 9.90. The fourth-order valence-corrected chi connectivity index (χ4v) is 13.0. The number of unbranched alkanes of at least 4 members (excludes halogenated alkanes) is 1. The number of amides is 8. The molecule has 8 rings (SSSR count). The summed E-state index contributed by atoms with van der Waals surface area (Å²) in [7, 11) is 4.16. The van der Waals surface area contributed by atoms with Crippen LogP contribution in [0.25, 0.3) is 0 Å². The highest BCUT2D eigenvalue weighted by Gasteiger charge is 2.29. The molecule has 23 nitrogen and oxygen atoms in total. The Hall–Kier alpha value is -7.93. The Bertz CT molecular complexity index is 3610. The number of rotatable bonds is 28. The second-order valence-electron chi connectivity index (χ2n) is 36.7. The number of hydrogen-bond donors (Lipinski definition) is 4. The predicted molar refractivity (Wildman–Crippen MR) is 460 cm³/mol. The number of nitrogens with zero attached hydrogens (tertiary/aromatic N) is 10. The van der Waals surface area contributed by atoms with E-state index < -0.39 is 21.7 Å². The summed E-state index contributed by atoms with van der Waals surface area (Å²) in [5.41, 5.74) is 5.61. The van der Waals surface area contributed by atoms with Crippen molar-refractivity contribution in [3.63, 3.8) is 0 Å². The predicted octanol–water partition coefficient (Wildman–Crippen LogP) is 10.9. The molecule has 8 amide bonds. The molecular formula is C91H146N14O9. The first kappa shape index (κ1) is 96.7. The normalized spacial score (nSPS) is 15.7. The lowest BCUT2D eigenvalue weighted by Crippen LogP contribution is -2.50. The first-order valence-corrected chi connectivity index (χ1v) is 42.0. The molecule has 114 heavy (non-hydrogen) atoms. The van der Waals surface area contributed by atoms with E-state index in [1.54, 1.807) is 6.92 Å². The Morgan fingerprint density at radius 1 is 0.325 bits per heavy atom. The first-order chi connectivity index (χ1) is 53.5. The topological polar surface area (TPSA) is 234 Å². The molecule has 23 heteroatoms. The van der Waals surface area contributed by atoms with Crippen molar-refractivity contribution < 1.29 is 43.2 Å². The van der Waals surface area contributed by atoms with Crippen molar-refractivity contribution in [2.75, 3.05) is 171 Å². The largest absolute Gasteiger partial charge is 0.352 e. The molecule has 4 heterocycles. The van der Waals surface area contributed by atoms with E-state index in [1.807, 2.05) is 200 Å². The molecule has 0 unspecified atom stereocenters. The highest BCUT2D eigenvalue weighted by molar-refractivity contribution is 5.96. The van der Waals surface area contributed by atoms with Gasteiger partial charge >= 0.3 is 0 Å². The number of carbonyl (C=O) groups excluding carboxylic acids is 9. The number of Topliss-reactive ketones (excluding diaryl/α,β-unsaturated/α-hetero) is 1. The van der Waals surface area contributed by atoms with Gasteiger partial charge in [-0.05, 0) is 143 Å². The minimum atomic E-state index is -0.413. The zero-order valence-corrected chi connectivity index (χ0v) is 73.7. The van der Waals surface area contributed by atoms with Crippen molar-refractivity contribution in [2.24, 2.45) is 27.1 Å². The molecule has 634 valence electrons. The number of nitrogens with one attached hydrogen (secondary N) is 4. The molecule has 0 aliphatic carbocycles. The summed E-state index contributed by atoms with van der Waals surface area (Å²) in [6.07, 6.45) is 5.28. The zero-order chi connectivity index (χ0) is 84.6.